The maximum Gasteiger partial charge on any atom is 0.169 e. The number of anilines is 1. The van der Waals surface area contributed by atoms with Gasteiger partial charge < -0.3 is 25.6 Å². The first kappa shape index (κ1) is 29.4. The van der Waals surface area contributed by atoms with Crippen LogP contribution in [0.1, 0.15) is 39.0 Å². The molecule has 5 heterocycles. The van der Waals surface area contributed by atoms with Gasteiger partial charge in [-0.15, -0.1) is 11.3 Å². The van der Waals surface area contributed by atoms with Crippen LogP contribution in [0, 0.1) is 16.6 Å². The Balaban J connectivity index is 1.24. The lowest BCUT2D eigenvalue weighted by Crippen LogP contribution is -2.13. The number of rotatable bonds is 8. The predicted molar refractivity (Wildman–Crippen MR) is 181 cm³/mol. The van der Waals surface area contributed by atoms with Gasteiger partial charge in [0.2, 0.25) is 0 Å². The Morgan fingerprint density at radius 2 is 1.80 bits per heavy atom. The minimum atomic E-state index is -0.330. The van der Waals surface area contributed by atoms with E-state index in [-0.39, 0.29) is 11.6 Å². The summed E-state index contributed by atoms with van der Waals surface area (Å²) < 4.78 is 15.7. The number of nitrogens with zero attached hydrogens (tertiary/aromatic N) is 2. The average molecular weight is 630 g/mol. The molecule has 2 aromatic heterocycles. The Bertz CT molecular complexity index is 2170. The molecule has 0 unspecified atom stereocenters. The number of fused-ring (bicyclic) bond motifs is 1. The number of thiophene rings is 1. The Kier molecular flexibility index (Phi) is 8.28. The van der Waals surface area contributed by atoms with Crippen LogP contribution in [0.5, 0.6) is 0 Å². The van der Waals surface area contributed by atoms with Crippen LogP contribution in [0.4, 0.5) is 10.1 Å². The minimum Gasteiger partial charge on any atom is -0.383 e. The molecule has 230 valence electrons. The molecule has 0 bridgehead atoms. The van der Waals surface area contributed by atoms with Crippen molar-refractivity contribution in [3.63, 3.8) is 0 Å². The maximum atomic E-state index is 15.7. The second-order valence-corrected chi connectivity index (χ2v) is 12.2. The highest BCUT2D eigenvalue weighted by Gasteiger charge is 2.20. The van der Waals surface area contributed by atoms with Gasteiger partial charge in [-0.05, 0) is 60.5 Å². The summed E-state index contributed by atoms with van der Waals surface area (Å²) in [6.07, 6.45) is 7.24. The van der Waals surface area contributed by atoms with Gasteiger partial charge in [0, 0.05) is 77.2 Å². The SMILES string of the molecule is CC(=O)c1ccc(-c2ccc[nH]c3[nH]c(C4=NCCNc5cc(F)c(-c6cncc(CNCc7ccccc7)c6)cc54)c[nH]c2=3)s1. The number of aromatic nitrogens is 4. The van der Waals surface area contributed by atoms with Crippen molar-refractivity contribution < 1.29 is 9.18 Å². The molecule has 0 spiro atoms. The summed E-state index contributed by atoms with van der Waals surface area (Å²) in [6, 6.07) is 23.3. The molecule has 0 atom stereocenters. The van der Waals surface area contributed by atoms with Gasteiger partial charge in [0.25, 0.3) is 0 Å². The molecule has 0 fully saturated rings. The molecule has 5 N–H and O–H groups in total. The Morgan fingerprint density at radius 3 is 2.65 bits per heavy atom. The smallest absolute Gasteiger partial charge is 0.169 e. The summed E-state index contributed by atoms with van der Waals surface area (Å²) >= 11 is 1.46. The topological polar surface area (TPSA) is 114 Å². The molecule has 2 aromatic carbocycles. The molecule has 4 aromatic rings. The first-order valence-electron chi connectivity index (χ1n) is 15.1. The van der Waals surface area contributed by atoms with Gasteiger partial charge in [-0.25, -0.2) is 4.39 Å². The number of benzene rings is 2. The number of halogens is 1. The predicted octanol–water partition coefficient (Wildman–Crippen LogP) is 7.20. The van der Waals surface area contributed by atoms with Crippen LogP contribution in [0.15, 0.2) is 103 Å². The number of H-pyrrole nitrogens is 3. The van der Waals surface area contributed by atoms with E-state index >= 15 is 4.39 Å². The summed E-state index contributed by atoms with van der Waals surface area (Å²) in [6.45, 7) is 4.02. The fourth-order valence-electron chi connectivity index (χ4n) is 5.62. The number of benzodiazepines with no additional fused rings is 1. The quantitative estimate of drug-likeness (QED) is 0.115. The fourth-order valence-corrected chi connectivity index (χ4v) is 6.56. The van der Waals surface area contributed by atoms with Gasteiger partial charge in [-0.1, -0.05) is 30.3 Å². The van der Waals surface area contributed by atoms with Crippen molar-refractivity contribution in [3.05, 3.63) is 141 Å². The van der Waals surface area contributed by atoms with E-state index < -0.39 is 0 Å². The molecule has 46 heavy (non-hydrogen) atoms. The highest BCUT2D eigenvalue weighted by molar-refractivity contribution is 7.17. The first-order chi connectivity index (χ1) is 22.5. The molecule has 7 rings (SSSR count). The maximum absolute atomic E-state index is 15.7. The van der Waals surface area contributed by atoms with E-state index in [1.807, 2.05) is 67.0 Å². The van der Waals surface area contributed by atoms with E-state index in [0.29, 0.717) is 47.0 Å². The van der Waals surface area contributed by atoms with Crippen LogP contribution in [0.3, 0.4) is 0 Å². The summed E-state index contributed by atoms with van der Waals surface area (Å²) in [5.74, 6) is -0.287. The normalized spacial score (nSPS) is 12.6. The van der Waals surface area contributed by atoms with Crippen molar-refractivity contribution in [2.75, 3.05) is 18.4 Å². The van der Waals surface area contributed by atoms with Gasteiger partial charge in [0.15, 0.2) is 5.78 Å². The zero-order chi connectivity index (χ0) is 31.5. The van der Waals surface area contributed by atoms with E-state index in [0.717, 1.165) is 44.6 Å². The van der Waals surface area contributed by atoms with Crippen LogP contribution in [0.2, 0.25) is 0 Å². The van der Waals surface area contributed by atoms with Gasteiger partial charge in [0.1, 0.15) is 11.3 Å². The van der Waals surface area contributed by atoms with Crippen molar-refractivity contribution in [1.29, 1.82) is 0 Å². The van der Waals surface area contributed by atoms with E-state index in [4.69, 9.17) is 4.99 Å². The van der Waals surface area contributed by atoms with Crippen molar-refractivity contribution in [2.45, 2.75) is 20.0 Å². The number of aromatic amines is 3. The lowest BCUT2D eigenvalue weighted by atomic mass is 9.97. The Morgan fingerprint density at radius 1 is 0.935 bits per heavy atom. The second-order valence-electron chi connectivity index (χ2n) is 11.1. The highest BCUT2D eigenvalue weighted by atomic mass is 32.1. The van der Waals surface area contributed by atoms with Crippen molar-refractivity contribution >= 4 is 28.5 Å². The van der Waals surface area contributed by atoms with E-state index in [1.165, 1.54) is 16.9 Å². The number of Topliss-reactive ketones (excluding diaryl/α,β-unsaturated/α-hetero) is 1. The third-order valence-electron chi connectivity index (χ3n) is 7.87. The number of ketones is 1. The minimum absolute atomic E-state index is 0.0435. The zero-order valence-electron chi connectivity index (χ0n) is 25.2. The molecule has 3 aliphatic rings. The molecule has 0 amide bonds. The molecule has 0 saturated heterocycles. The third kappa shape index (κ3) is 6.13. The second kappa shape index (κ2) is 13.0. The largest absolute Gasteiger partial charge is 0.383 e. The van der Waals surface area contributed by atoms with Crippen molar-refractivity contribution in [2.24, 2.45) is 4.99 Å². The standard InChI is InChI=1S/C36H32FN7OS/c1-22(45)32-9-10-33(46-32)26-8-5-11-42-36-35(26)43-21-31(44-36)34-28-15-27(29(37)16-30(28)40-12-13-41-34)25-14-24(19-39-20-25)18-38-17-23-6-3-2-4-7-23/h2-11,14-16,19-21,38,40,42-44H,12-13,17-18H2,1H3. The third-order valence-corrected chi connectivity index (χ3v) is 9.09. The van der Waals surface area contributed by atoms with E-state index in [2.05, 4.69) is 42.7 Å². The number of hydrogen-bond acceptors (Lipinski definition) is 6. The summed E-state index contributed by atoms with van der Waals surface area (Å²) in [7, 11) is 0. The molecule has 0 radical (unpaired) electrons. The Labute approximate surface area is 268 Å². The van der Waals surface area contributed by atoms with Gasteiger partial charge in [0.05, 0.1) is 28.2 Å². The first-order valence-corrected chi connectivity index (χ1v) is 15.9. The van der Waals surface area contributed by atoms with Crippen LogP contribution in [0.25, 0.3) is 21.6 Å². The van der Waals surface area contributed by atoms with E-state index in [1.54, 1.807) is 25.4 Å². The molecule has 10 heteroatoms. The fraction of sp³-hybridized carbons (Fsp3) is 0.139. The number of nitrogens with one attached hydrogen (secondary N) is 5. The number of pyridine rings is 1. The average Bonchev–Trinajstić information content (AvgIpc) is 3.35. The van der Waals surface area contributed by atoms with Crippen molar-refractivity contribution in [3.8, 4) is 21.6 Å². The number of aliphatic imine (C=N–C) groups is 1. The number of carbonyl (C=O) groups is 1. The summed E-state index contributed by atoms with van der Waals surface area (Å²) in [4.78, 5) is 33.3. The Hall–Kier alpha value is -5.32. The summed E-state index contributed by atoms with van der Waals surface area (Å²) in [5.41, 5.74) is 7.94. The number of hydrogen-bond donors (Lipinski definition) is 5. The monoisotopic (exact) mass is 629 g/mol. The molecular formula is C36H32FN7OS. The van der Waals surface area contributed by atoms with Crippen molar-refractivity contribution in [1.82, 2.24) is 25.3 Å². The van der Waals surface area contributed by atoms with E-state index in [9.17, 15) is 4.79 Å². The van der Waals surface area contributed by atoms with Gasteiger partial charge in [-0.3, -0.25) is 14.8 Å². The number of carbonyl (C=O) groups excluding carboxylic acids is 1. The highest BCUT2D eigenvalue weighted by Crippen LogP contribution is 2.32. The van der Waals surface area contributed by atoms with Gasteiger partial charge >= 0.3 is 0 Å². The lowest BCUT2D eigenvalue weighted by molar-refractivity contribution is 0.102. The van der Waals surface area contributed by atoms with Crippen LogP contribution >= 0.6 is 11.3 Å². The zero-order valence-corrected chi connectivity index (χ0v) is 26.0. The molecule has 0 saturated carbocycles. The summed E-state index contributed by atoms with van der Waals surface area (Å²) in [5, 5.41) is 7.64. The molecule has 0 aliphatic carbocycles. The van der Waals surface area contributed by atoms with Gasteiger partial charge in [-0.2, -0.15) is 0 Å². The molecular weight excluding hydrogens is 598 g/mol. The van der Waals surface area contributed by atoms with Crippen LogP contribution in [-0.2, 0) is 13.1 Å². The van der Waals surface area contributed by atoms with Crippen LogP contribution in [-0.4, -0.2) is 44.5 Å². The molecule has 3 aliphatic heterocycles. The lowest BCUT2D eigenvalue weighted by Gasteiger charge is -2.15. The van der Waals surface area contributed by atoms with Crippen LogP contribution < -0.4 is 10.6 Å². The molecule has 8 nitrogen and oxygen atoms in total.